The second kappa shape index (κ2) is 4.03. The lowest BCUT2D eigenvalue weighted by Crippen LogP contribution is -2.91. The van der Waals surface area contributed by atoms with Gasteiger partial charge in [-0.05, 0) is 42.4 Å². The fraction of sp³-hybridized carbons (Fsp3) is 0.810. The fourth-order valence-corrected chi connectivity index (χ4v) is 8.70. The number of aliphatic hydroxyl groups is 2. The Balaban J connectivity index is 1.62. The summed E-state index contributed by atoms with van der Waals surface area (Å²) < 4.78 is 5.90. The molecule has 7 aliphatic rings. The van der Waals surface area contributed by atoms with Crippen molar-refractivity contribution in [2.75, 3.05) is 6.61 Å². The van der Waals surface area contributed by atoms with Crippen LogP contribution in [0, 0.1) is 45.8 Å². The minimum Gasteiger partial charge on any atom is -0.387 e. The summed E-state index contributed by atoms with van der Waals surface area (Å²) in [6.45, 7) is 8.39. The van der Waals surface area contributed by atoms with Gasteiger partial charge in [0.2, 0.25) is 5.79 Å². The number of allylic oxidation sites excluding steroid dienone is 1. The van der Waals surface area contributed by atoms with Crippen molar-refractivity contribution in [1.82, 2.24) is 0 Å². The highest BCUT2D eigenvalue weighted by molar-refractivity contribution is 6.02. The van der Waals surface area contributed by atoms with Crippen LogP contribution in [-0.4, -0.2) is 40.3 Å². The lowest BCUT2D eigenvalue weighted by Gasteiger charge is -2.82. The molecular formula is C21H26O5. The first-order valence-corrected chi connectivity index (χ1v) is 9.96. The Morgan fingerprint density at radius 3 is 2.69 bits per heavy atom. The summed E-state index contributed by atoms with van der Waals surface area (Å²) in [6.07, 6.45) is 1.61. The Labute approximate surface area is 152 Å². The third kappa shape index (κ3) is 1.15. The normalized spacial score (nSPS) is 61.2. The predicted molar refractivity (Wildman–Crippen MR) is 90.6 cm³/mol. The maximum Gasteiger partial charge on any atom is 0.205 e. The molecule has 0 aromatic heterocycles. The molecule has 2 saturated heterocycles. The molecule has 5 nitrogen and oxygen atoms in total. The predicted octanol–water partition coefficient (Wildman–Crippen LogP) is 1.47. The number of fused-ring (bicyclic) bond motifs is 1. The minimum absolute atomic E-state index is 0.0168. The van der Waals surface area contributed by atoms with E-state index >= 15 is 0 Å². The summed E-state index contributed by atoms with van der Waals surface area (Å²) in [5, 5.41) is 23.0. The molecule has 0 radical (unpaired) electrons. The Kier molecular flexibility index (Phi) is 2.48. The first-order chi connectivity index (χ1) is 12.2. The molecule has 9 atom stereocenters. The number of hydrogen-bond acceptors (Lipinski definition) is 5. The van der Waals surface area contributed by atoms with E-state index in [0.29, 0.717) is 12.8 Å². The molecule has 7 fully saturated rings. The Bertz CT molecular complexity index is 800. The van der Waals surface area contributed by atoms with Gasteiger partial charge in [-0.2, -0.15) is 0 Å². The van der Waals surface area contributed by atoms with Gasteiger partial charge < -0.3 is 14.9 Å². The van der Waals surface area contributed by atoms with Crippen LogP contribution in [0.5, 0.6) is 0 Å². The Morgan fingerprint density at radius 2 is 1.96 bits per heavy atom. The van der Waals surface area contributed by atoms with Crippen LogP contribution in [-0.2, 0) is 14.3 Å². The van der Waals surface area contributed by atoms with Crippen LogP contribution in [0.3, 0.4) is 0 Å². The Hall–Kier alpha value is -1.04. The van der Waals surface area contributed by atoms with E-state index in [1.807, 2.05) is 0 Å². The van der Waals surface area contributed by atoms with Crippen molar-refractivity contribution in [2.24, 2.45) is 45.8 Å². The molecule has 2 N–H and O–H groups in total. The van der Waals surface area contributed by atoms with Gasteiger partial charge in [0.1, 0.15) is 11.9 Å². The molecule has 7 rings (SSSR count). The number of ketones is 2. The van der Waals surface area contributed by atoms with E-state index in [2.05, 4.69) is 20.4 Å². The zero-order valence-corrected chi connectivity index (χ0v) is 15.3. The van der Waals surface area contributed by atoms with Gasteiger partial charge >= 0.3 is 0 Å². The van der Waals surface area contributed by atoms with Crippen LogP contribution in [0.4, 0.5) is 0 Å². The number of carbonyl (C=O) groups excluding carboxylic acids is 2. The van der Waals surface area contributed by atoms with Crippen LogP contribution in [0.1, 0.15) is 39.5 Å². The summed E-state index contributed by atoms with van der Waals surface area (Å²) >= 11 is 0. The second-order valence-electron chi connectivity index (χ2n) is 10.4. The van der Waals surface area contributed by atoms with Crippen molar-refractivity contribution in [3.8, 4) is 0 Å². The number of Topliss-reactive ketones (excluding diaryl/α,β-unsaturated/α-hetero) is 2. The van der Waals surface area contributed by atoms with Gasteiger partial charge in [0.25, 0.3) is 0 Å². The first kappa shape index (κ1) is 16.0. The van der Waals surface area contributed by atoms with Crippen LogP contribution >= 0.6 is 0 Å². The number of carbonyl (C=O) groups is 2. The van der Waals surface area contributed by atoms with Crippen LogP contribution in [0.25, 0.3) is 0 Å². The highest BCUT2D eigenvalue weighted by atomic mass is 16.6. The van der Waals surface area contributed by atoms with Crippen molar-refractivity contribution in [1.29, 1.82) is 0 Å². The Morgan fingerprint density at radius 1 is 1.23 bits per heavy atom. The molecule has 5 saturated carbocycles. The number of rotatable bonds is 0. The standard InChI is InChI=1S/C21H26O5/c1-9-10-4-5-11-19-8-26-21(25,20(11)14(10)13(9)16(20)23)17(24)15(19)18(2,3)7-6-12(19)22/h10-11,13-15,17,24-25H,1,4-8H2,2-3H3/t10-,11-,13?,14?,15+,17-,19+,20?,21-/m0/s1. The van der Waals surface area contributed by atoms with Gasteiger partial charge in [0.05, 0.1) is 17.4 Å². The summed E-state index contributed by atoms with van der Waals surface area (Å²) in [4.78, 5) is 26.7. The van der Waals surface area contributed by atoms with E-state index in [1.165, 1.54) is 0 Å². The van der Waals surface area contributed by atoms with Crippen molar-refractivity contribution < 1.29 is 24.5 Å². The maximum absolute atomic E-state index is 13.4. The van der Waals surface area contributed by atoms with E-state index in [4.69, 9.17) is 4.74 Å². The van der Waals surface area contributed by atoms with Gasteiger partial charge in [-0.3, -0.25) is 9.59 Å². The molecule has 2 bridgehead atoms. The topological polar surface area (TPSA) is 83.8 Å². The zero-order chi connectivity index (χ0) is 18.4. The van der Waals surface area contributed by atoms with Crippen LogP contribution in [0.15, 0.2) is 12.2 Å². The summed E-state index contributed by atoms with van der Waals surface area (Å²) in [5.74, 6) is -2.36. The molecule has 0 aromatic carbocycles. The van der Waals surface area contributed by atoms with Crippen molar-refractivity contribution in [3.05, 3.63) is 12.2 Å². The van der Waals surface area contributed by atoms with Gasteiger partial charge in [-0.25, -0.2) is 0 Å². The molecule has 2 spiro atoms. The first-order valence-electron chi connectivity index (χ1n) is 9.96. The van der Waals surface area contributed by atoms with Crippen LogP contribution < -0.4 is 0 Å². The molecule has 5 heteroatoms. The molecule has 26 heavy (non-hydrogen) atoms. The van der Waals surface area contributed by atoms with E-state index in [9.17, 15) is 19.8 Å². The average Bonchev–Trinajstić information content (AvgIpc) is 2.58. The third-order valence-corrected chi connectivity index (χ3v) is 9.57. The monoisotopic (exact) mass is 358 g/mol. The lowest BCUT2D eigenvalue weighted by molar-refractivity contribution is -0.455. The van der Waals surface area contributed by atoms with Crippen molar-refractivity contribution >= 4 is 11.6 Å². The fourth-order valence-electron chi connectivity index (χ4n) is 8.70. The molecule has 3 unspecified atom stereocenters. The largest absolute Gasteiger partial charge is 0.387 e. The number of ether oxygens (including phenoxy) is 1. The molecule has 0 amide bonds. The van der Waals surface area contributed by atoms with Gasteiger partial charge in [-0.1, -0.05) is 26.0 Å². The van der Waals surface area contributed by atoms with E-state index in [1.54, 1.807) is 0 Å². The number of hydrogen-bond donors (Lipinski definition) is 2. The molecular weight excluding hydrogens is 332 g/mol. The molecule has 140 valence electrons. The highest BCUT2D eigenvalue weighted by Crippen LogP contribution is 2.83. The highest BCUT2D eigenvalue weighted by Gasteiger charge is 2.91. The van der Waals surface area contributed by atoms with Crippen molar-refractivity contribution in [2.45, 2.75) is 51.4 Å². The smallest absolute Gasteiger partial charge is 0.205 e. The van der Waals surface area contributed by atoms with E-state index in [-0.39, 0.29) is 53.2 Å². The zero-order valence-electron chi connectivity index (χ0n) is 15.3. The SMILES string of the molecule is C=C1C2C(=O)C34C2[C@H]1CC[C@H]3[C@@]12CO[C@@]4(O)[C@@H](O)[C@@H]1C(C)(C)CCC2=O. The van der Waals surface area contributed by atoms with Crippen LogP contribution in [0.2, 0.25) is 0 Å². The van der Waals surface area contributed by atoms with Gasteiger partial charge in [-0.15, -0.1) is 0 Å². The summed E-state index contributed by atoms with van der Waals surface area (Å²) in [5.41, 5.74) is -1.25. The molecule has 2 aliphatic heterocycles. The van der Waals surface area contributed by atoms with E-state index in [0.717, 1.165) is 18.4 Å². The second-order valence-corrected chi connectivity index (χ2v) is 10.4. The van der Waals surface area contributed by atoms with Gasteiger partial charge in [0.15, 0.2) is 5.78 Å². The van der Waals surface area contributed by atoms with Gasteiger partial charge in [0, 0.05) is 18.3 Å². The molecule has 2 heterocycles. The minimum atomic E-state index is -1.86. The quantitative estimate of drug-likeness (QED) is 0.641. The lowest BCUT2D eigenvalue weighted by atomic mass is 9.23. The molecule has 0 aromatic rings. The third-order valence-electron chi connectivity index (χ3n) is 9.57. The average molecular weight is 358 g/mol. The summed E-state index contributed by atoms with van der Waals surface area (Å²) in [6, 6.07) is 0. The summed E-state index contributed by atoms with van der Waals surface area (Å²) in [7, 11) is 0. The van der Waals surface area contributed by atoms with E-state index < -0.39 is 22.7 Å². The number of aliphatic hydroxyl groups excluding tert-OH is 1. The van der Waals surface area contributed by atoms with Crippen molar-refractivity contribution in [3.63, 3.8) is 0 Å². The molecule has 5 aliphatic carbocycles. The maximum atomic E-state index is 13.4.